The van der Waals surface area contributed by atoms with Crippen molar-refractivity contribution in [2.75, 3.05) is 0 Å². The Bertz CT molecular complexity index is 703. The molecule has 6 nitrogen and oxygen atoms in total. The number of nitrogens with zero attached hydrogens (tertiary/aromatic N) is 2. The van der Waals surface area contributed by atoms with Gasteiger partial charge in [0.05, 0.1) is 17.8 Å². The Morgan fingerprint density at radius 2 is 2.00 bits per heavy atom. The number of carboxylic acid groups (broad SMARTS) is 1. The van der Waals surface area contributed by atoms with E-state index in [1.165, 1.54) is 0 Å². The van der Waals surface area contributed by atoms with E-state index in [1.54, 1.807) is 35.1 Å². The normalized spacial score (nSPS) is 17.2. The number of hydrogen-bond acceptors (Lipinski definition) is 3. The van der Waals surface area contributed by atoms with Gasteiger partial charge in [-0.2, -0.15) is 5.10 Å². The molecule has 0 bridgehead atoms. The average Bonchev–Trinajstić information content (AvgIpc) is 2.90. The molecule has 0 saturated carbocycles. The summed E-state index contributed by atoms with van der Waals surface area (Å²) in [5.41, 5.74) is 8.53. The predicted molar refractivity (Wildman–Crippen MR) is 75.2 cm³/mol. The molecule has 6 heteroatoms. The topological polar surface area (TPSA) is 98.2 Å². The summed E-state index contributed by atoms with van der Waals surface area (Å²) >= 11 is 0. The largest absolute Gasteiger partial charge is 0.481 e. The monoisotopic (exact) mass is 285 g/mol. The lowest BCUT2D eigenvalue weighted by atomic mass is 9.88. The molecule has 1 unspecified atom stereocenters. The van der Waals surface area contributed by atoms with Crippen LogP contribution in [0.15, 0.2) is 30.5 Å². The number of fused-ring (bicyclic) bond motifs is 1. The number of carbonyl (C=O) groups is 2. The molecular weight excluding hydrogens is 270 g/mol. The highest BCUT2D eigenvalue weighted by Gasteiger charge is 2.27. The molecule has 108 valence electrons. The van der Waals surface area contributed by atoms with Crippen LogP contribution in [0.4, 0.5) is 0 Å². The van der Waals surface area contributed by atoms with E-state index in [9.17, 15) is 9.59 Å². The van der Waals surface area contributed by atoms with E-state index < -0.39 is 11.9 Å². The Kier molecular flexibility index (Phi) is 3.21. The summed E-state index contributed by atoms with van der Waals surface area (Å²) < 4.78 is 1.80. The van der Waals surface area contributed by atoms with Crippen molar-refractivity contribution in [1.29, 1.82) is 0 Å². The molecule has 3 rings (SSSR count). The van der Waals surface area contributed by atoms with E-state index in [0.29, 0.717) is 24.8 Å². The van der Waals surface area contributed by atoms with Crippen molar-refractivity contribution in [2.45, 2.75) is 19.3 Å². The highest BCUT2D eigenvalue weighted by molar-refractivity contribution is 5.92. The van der Waals surface area contributed by atoms with E-state index >= 15 is 0 Å². The highest BCUT2D eigenvalue weighted by Crippen LogP contribution is 2.27. The summed E-state index contributed by atoms with van der Waals surface area (Å²) in [6, 6.07) is 6.90. The van der Waals surface area contributed by atoms with Crippen LogP contribution >= 0.6 is 0 Å². The third-order valence-corrected chi connectivity index (χ3v) is 3.90. The molecule has 0 spiro atoms. The van der Waals surface area contributed by atoms with Gasteiger partial charge in [0.2, 0.25) is 5.91 Å². The fraction of sp³-hybridized carbons (Fsp3) is 0.267. The first-order valence-electron chi connectivity index (χ1n) is 6.75. The molecule has 3 N–H and O–H groups in total. The van der Waals surface area contributed by atoms with Crippen molar-refractivity contribution >= 4 is 11.9 Å². The maximum atomic E-state index is 11.1. The minimum atomic E-state index is -0.751. The van der Waals surface area contributed by atoms with Gasteiger partial charge >= 0.3 is 5.97 Å². The maximum Gasteiger partial charge on any atom is 0.306 e. The molecule has 0 fully saturated rings. The SMILES string of the molecule is NC(=O)c1ccc(-n2ncc3c2CCC(C(=O)O)C3)cc1. The lowest BCUT2D eigenvalue weighted by Crippen LogP contribution is -2.22. The van der Waals surface area contributed by atoms with Crippen LogP contribution in [0.25, 0.3) is 5.69 Å². The Morgan fingerprint density at radius 3 is 2.62 bits per heavy atom. The van der Waals surface area contributed by atoms with Gasteiger partial charge in [-0.25, -0.2) is 4.68 Å². The van der Waals surface area contributed by atoms with Crippen molar-refractivity contribution < 1.29 is 14.7 Å². The second-order valence-electron chi connectivity index (χ2n) is 5.22. The summed E-state index contributed by atoms with van der Waals surface area (Å²) in [5, 5.41) is 13.4. The molecule has 1 aliphatic carbocycles. The van der Waals surface area contributed by atoms with Gasteiger partial charge in [0.15, 0.2) is 0 Å². The van der Waals surface area contributed by atoms with Gasteiger partial charge in [-0.15, -0.1) is 0 Å². The van der Waals surface area contributed by atoms with Crippen molar-refractivity contribution in [3.63, 3.8) is 0 Å². The number of primary amides is 1. The molecule has 1 heterocycles. The number of aliphatic carboxylic acids is 1. The molecule has 0 saturated heterocycles. The van der Waals surface area contributed by atoms with E-state index in [1.807, 2.05) is 0 Å². The van der Waals surface area contributed by atoms with Crippen LogP contribution in [-0.4, -0.2) is 26.8 Å². The van der Waals surface area contributed by atoms with E-state index in [4.69, 9.17) is 10.8 Å². The summed E-state index contributed by atoms with van der Waals surface area (Å²) in [6.07, 6.45) is 3.55. The molecule has 1 aliphatic rings. The third kappa shape index (κ3) is 2.40. The maximum absolute atomic E-state index is 11.1. The molecule has 0 radical (unpaired) electrons. The number of carbonyl (C=O) groups excluding carboxylic acids is 1. The lowest BCUT2D eigenvalue weighted by molar-refractivity contribution is -0.142. The van der Waals surface area contributed by atoms with Gasteiger partial charge in [0.1, 0.15) is 0 Å². The van der Waals surface area contributed by atoms with E-state index in [0.717, 1.165) is 16.9 Å². The summed E-state index contributed by atoms with van der Waals surface area (Å²) in [5.74, 6) is -1.54. The average molecular weight is 285 g/mol. The molecule has 2 aromatic rings. The number of amides is 1. The van der Waals surface area contributed by atoms with Crippen LogP contribution in [-0.2, 0) is 17.6 Å². The van der Waals surface area contributed by atoms with Gasteiger partial charge in [0, 0.05) is 11.3 Å². The molecule has 1 aromatic heterocycles. The molecule has 1 atom stereocenters. The minimum Gasteiger partial charge on any atom is -0.481 e. The first kappa shape index (κ1) is 13.4. The molecule has 1 amide bonds. The summed E-state index contributed by atoms with van der Waals surface area (Å²) in [7, 11) is 0. The van der Waals surface area contributed by atoms with Crippen molar-refractivity contribution in [2.24, 2.45) is 11.7 Å². The molecular formula is C15H15N3O3. The third-order valence-electron chi connectivity index (χ3n) is 3.90. The first-order chi connectivity index (χ1) is 10.1. The summed E-state index contributed by atoms with van der Waals surface area (Å²) in [6.45, 7) is 0. The number of aromatic nitrogens is 2. The lowest BCUT2D eigenvalue weighted by Gasteiger charge is -2.19. The predicted octanol–water partition coefficient (Wildman–Crippen LogP) is 1.16. The Morgan fingerprint density at radius 1 is 1.29 bits per heavy atom. The van der Waals surface area contributed by atoms with Crippen LogP contribution in [0, 0.1) is 5.92 Å². The second-order valence-corrected chi connectivity index (χ2v) is 5.22. The first-order valence-corrected chi connectivity index (χ1v) is 6.75. The minimum absolute atomic E-state index is 0.326. The highest BCUT2D eigenvalue weighted by atomic mass is 16.4. The van der Waals surface area contributed by atoms with E-state index in [-0.39, 0.29) is 5.92 Å². The van der Waals surface area contributed by atoms with Gasteiger partial charge in [-0.1, -0.05) is 0 Å². The van der Waals surface area contributed by atoms with Gasteiger partial charge in [0.25, 0.3) is 0 Å². The Balaban J connectivity index is 1.91. The van der Waals surface area contributed by atoms with Crippen molar-refractivity contribution in [3.05, 3.63) is 47.3 Å². The Labute approximate surface area is 121 Å². The fourth-order valence-electron chi connectivity index (χ4n) is 2.72. The van der Waals surface area contributed by atoms with Crippen molar-refractivity contribution in [3.8, 4) is 5.69 Å². The van der Waals surface area contributed by atoms with Gasteiger partial charge in [-0.05, 0) is 49.1 Å². The zero-order chi connectivity index (χ0) is 15.0. The quantitative estimate of drug-likeness (QED) is 0.884. The summed E-state index contributed by atoms with van der Waals surface area (Å²) in [4.78, 5) is 22.1. The second kappa shape index (κ2) is 5.05. The standard InChI is InChI=1S/C15H15N3O3/c16-14(19)9-1-4-12(5-2-9)18-13-6-3-10(15(20)21)7-11(13)8-17-18/h1-2,4-5,8,10H,3,6-7H2,(H2,16,19)(H,20,21). The van der Waals surface area contributed by atoms with Gasteiger partial charge < -0.3 is 10.8 Å². The van der Waals surface area contributed by atoms with Crippen LogP contribution in [0.5, 0.6) is 0 Å². The number of carboxylic acids is 1. The number of nitrogens with two attached hydrogens (primary N) is 1. The van der Waals surface area contributed by atoms with Crippen molar-refractivity contribution in [1.82, 2.24) is 9.78 Å². The number of benzene rings is 1. The van der Waals surface area contributed by atoms with Crippen LogP contribution in [0.2, 0.25) is 0 Å². The number of rotatable bonds is 3. The molecule has 21 heavy (non-hydrogen) atoms. The number of hydrogen-bond donors (Lipinski definition) is 2. The molecule has 1 aromatic carbocycles. The van der Waals surface area contributed by atoms with Crippen LogP contribution in [0.1, 0.15) is 28.0 Å². The van der Waals surface area contributed by atoms with Crippen LogP contribution < -0.4 is 5.73 Å². The van der Waals surface area contributed by atoms with Gasteiger partial charge in [-0.3, -0.25) is 9.59 Å². The Hall–Kier alpha value is -2.63. The smallest absolute Gasteiger partial charge is 0.306 e. The fourth-order valence-corrected chi connectivity index (χ4v) is 2.72. The van der Waals surface area contributed by atoms with Crippen LogP contribution in [0.3, 0.4) is 0 Å². The zero-order valence-electron chi connectivity index (χ0n) is 11.3. The zero-order valence-corrected chi connectivity index (χ0v) is 11.3. The molecule has 0 aliphatic heterocycles. The van der Waals surface area contributed by atoms with E-state index in [2.05, 4.69) is 5.10 Å².